The van der Waals surface area contributed by atoms with Crippen LogP contribution in [-0.2, 0) is 16.1 Å². The van der Waals surface area contributed by atoms with Crippen LogP contribution in [0.2, 0.25) is 5.02 Å². The number of amides is 2. The number of nitrogens with one attached hydrogen (secondary N) is 1. The van der Waals surface area contributed by atoms with Crippen LogP contribution in [0.1, 0.15) is 29.3 Å². The average Bonchev–Trinajstić information content (AvgIpc) is 2.88. The van der Waals surface area contributed by atoms with Crippen LogP contribution < -0.4 is 14.8 Å². The van der Waals surface area contributed by atoms with Crippen LogP contribution in [-0.4, -0.2) is 71.7 Å². The molecule has 0 saturated carbocycles. The first-order chi connectivity index (χ1) is 17.7. The zero-order valence-corrected chi connectivity index (χ0v) is 23.2. The smallest absolute Gasteiger partial charge is 0.247 e. The second kappa shape index (κ2) is 13.2. The number of hydrogen-bond donors (Lipinski definition) is 3. The molecule has 2 amide bonds. The monoisotopic (exact) mass is 642 g/mol. The molecule has 198 valence electrons. The normalized spacial score (nSPS) is 19.0. The number of methoxy groups -OCH3 is 1. The Morgan fingerprint density at radius 2 is 1.97 bits per heavy atom. The third kappa shape index (κ3) is 7.22. The zero-order chi connectivity index (χ0) is 27.1. The maximum absolute atomic E-state index is 12.9. The summed E-state index contributed by atoms with van der Waals surface area (Å²) in [5, 5.41) is 23.7. The summed E-state index contributed by atoms with van der Waals surface area (Å²) in [5.74, 6) is -0.158. The van der Waals surface area contributed by atoms with E-state index in [0.717, 1.165) is 5.56 Å². The van der Waals surface area contributed by atoms with Gasteiger partial charge < -0.3 is 29.9 Å². The van der Waals surface area contributed by atoms with E-state index in [4.69, 9.17) is 26.2 Å². The Hall–Kier alpha value is -2.67. The van der Waals surface area contributed by atoms with Gasteiger partial charge in [-0.3, -0.25) is 14.4 Å². The predicted octanol–water partition coefficient (Wildman–Crippen LogP) is 2.73. The molecule has 0 fully saturated rings. The minimum atomic E-state index is -1.20. The number of nitrogens with zero attached hydrogens (tertiary/aromatic N) is 1. The topological polar surface area (TPSA) is 125 Å². The highest BCUT2D eigenvalue weighted by molar-refractivity contribution is 14.1. The number of halogens is 2. The summed E-state index contributed by atoms with van der Waals surface area (Å²) in [6.45, 7) is 1.39. The van der Waals surface area contributed by atoms with Gasteiger partial charge in [-0.1, -0.05) is 23.7 Å². The highest BCUT2D eigenvalue weighted by Gasteiger charge is 2.40. The van der Waals surface area contributed by atoms with E-state index in [9.17, 15) is 19.5 Å². The van der Waals surface area contributed by atoms with Crippen LogP contribution in [0, 0.1) is 3.57 Å². The Balaban J connectivity index is 1.99. The van der Waals surface area contributed by atoms with E-state index < -0.39 is 24.2 Å². The van der Waals surface area contributed by atoms with Gasteiger partial charge in [-0.25, -0.2) is 0 Å². The first-order valence-corrected chi connectivity index (χ1v) is 12.9. The molecule has 0 heterocycles. The molecule has 9 nitrogen and oxygen atoms in total. The van der Waals surface area contributed by atoms with Crippen LogP contribution in [0.3, 0.4) is 0 Å². The number of benzene rings is 2. The molecule has 11 heteroatoms. The first kappa shape index (κ1) is 28.9. The molecular weight excluding hydrogens is 615 g/mol. The predicted molar refractivity (Wildman–Crippen MR) is 146 cm³/mol. The Labute approximate surface area is 233 Å². The Morgan fingerprint density at radius 1 is 1.27 bits per heavy atom. The first-order valence-electron chi connectivity index (χ1n) is 11.5. The number of rotatable bonds is 10. The van der Waals surface area contributed by atoms with Crippen LogP contribution >= 0.6 is 34.2 Å². The van der Waals surface area contributed by atoms with E-state index in [1.165, 1.54) is 31.1 Å². The molecule has 1 aliphatic carbocycles. The molecule has 0 radical (unpaired) electrons. The van der Waals surface area contributed by atoms with Crippen molar-refractivity contribution in [1.82, 2.24) is 10.2 Å². The standard InChI is InChI=1S/C26H28ClIN2O7/c1-15(33)30(13-16-3-5-19(27)6-4-16)21-11-18(26(35)29-7-8-31)12-22(24(21)34)37-25-20(28)9-17(14-32)10-23(25)36-2/h3-6,9-10,12,14,21-22,24,31,34H,7-8,11,13H2,1-2H3,(H,29,35). The van der Waals surface area contributed by atoms with E-state index in [1.807, 2.05) is 22.6 Å². The van der Waals surface area contributed by atoms with E-state index >= 15 is 0 Å². The number of aliphatic hydroxyl groups is 2. The van der Waals surface area contributed by atoms with Crippen molar-refractivity contribution < 1.29 is 34.1 Å². The van der Waals surface area contributed by atoms with Crippen molar-refractivity contribution in [2.45, 2.75) is 38.1 Å². The number of carbonyl (C=O) groups is 3. The second-order valence-electron chi connectivity index (χ2n) is 8.44. The van der Waals surface area contributed by atoms with E-state index in [0.29, 0.717) is 26.0 Å². The molecule has 0 bridgehead atoms. The van der Waals surface area contributed by atoms with Gasteiger partial charge in [0.1, 0.15) is 18.5 Å². The highest BCUT2D eigenvalue weighted by atomic mass is 127. The van der Waals surface area contributed by atoms with Gasteiger partial charge in [0.25, 0.3) is 0 Å². The minimum Gasteiger partial charge on any atom is -0.493 e. The largest absolute Gasteiger partial charge is 0.493 e. The van der Waals surface area contributed by atoms with Crippen molar-refractivity contribution in [3.8, 4) is 11.5 Å². The van der Waals surface area contributed by atoms with Gasteiger partial charge in [-0.15, -0.1) is 0 Å². The SMILES string of the molecule is COc1cc(C=O)cc(I)c1OC1C=C(C(=O)NCCO)CC(N(Cc2ccc(Cl)cc2)C(C)=O)C1O. The quantitative estimate of drug-likeness (QED) is 0.269. The van der Waals surface area contributed by atoms with E-state index in [-0.39, 0.29) is 43.5 Å². The lowest BCUT2D eigenvalue weighted by atomic mass is 9.88. The third-order valence-electron chi connectivity index (χ3n) is 5.93. The molecule has 0 spiro atoms. The molecule has 3 unspecified atom stereocenters. The molecule has 3 N–H and O–H groups in total. The van der Waals surface area contributed by atoms with Crippen molar-refractivity contribution in [2.24, 2.45) is 0 Å². The number of ether oxygens (including phenoxy) is 2. The molecule has 2 aromatic rings. The zero-order valence-electron chi connectivity index (χ0n) is 20.3. The van der Waals surface area contributed by atoms with Crippen molar-refractivity contribution in [3.63, 3.8) is 0 Å². The fourth-order valence-electron chi connectivity index (χ4n) is 4.09. The lowest BCUT2D eigenvalue weighted by Crippen LogP contribution is -2.54. The van der Waals surface area contributed by atoms with Crippen molar-refractivity contribution in [3.05, 3.63) is 67.8 Å². The Kier molecular flexibility index (Phi) is 10.3. The molecule has 3 atom stereocenters. The number of aldehydes is 1. The van der Waals surface area contributed by atoms with E-state index in [1.54, 1.807) is 30.3 Å². The maximum Gasteiger partial charge on any atom is 0.247 e. The van der Waals surface area contributed by atoms with Crippen LogP contribution in [0.4, 0.5) is 0 Å². The average molecular weight is 643 g/mol. The van der Waals surface area contributed by atoms with Gasteiger partial charge in [0.2, 0.25) is 11.8 Å². The van der Waals surface area contributed by atoms with Crippen LogP contribution in [0.5, 0.6) is 11.5 Å². The van der Waals surface area contributed by atoms with Gasteiger partial charge in [0.05, 0.1) is 23.3 Å². The summed E-state index contributed by atoms with van der Waals surface area (Å²) in [4.78, 5) is 38.4. The lowest BCUT2D eigenvalue weighted by molar-refractivity contribution is -0.137. The van der Waals surface area contributed by atoms with Crippen LogP contribution in [0.15, 0.2) is 48.0 Å². The summed E-state index contributed by atoms with van der Waals surface area (Å²) in [7, 11) is 1.43. The number of aliphatic hydroxyl groups excluding tert-OH is 2. The van der Waals surface area contributed by atoms with Crippen LogP contribution in [0.25, 0.3) is 0 Å². The molecule has 2 aromatic carbocycles. The molecule has 37 heavy (non-hydrogen) atoms. The maximum atomic E-state index is 12.9. The van der Waals surface area contributed by atoms with Crippen molar-refractivity contribution in [1.29, 1.82) is 0 Å². The molecule has 3 rings (SSSR count). The number of carbonyl (C=O) groups excluding carboxylic acids is 3. The Morgan fingerprint density at radius 3 is 2.57 bits per heavy atom. The fourth-order valence-corrected chi connectivity index (χ4v) is 4.96. The molecule has 0 aliphatic heterocycles. The Bertz CT molecular complexity index is 1170. The number of hydrogen-bond acceptors (Lipinski definition) is 7. The van der Waals surface area contributed by atoms with E-state index in [2.05, 4.69) is 5.32 Å². The molecular formula is C26H28ClIN2O7. The van der Waals surface area contributed by atoms with Gasteiger partial charge in [0.15, 0.2) is 11.5 Å². The van der Waals surface area contributed by atoms with Crippen molar-refractivity contribution in [2.75, 3.05) is 20.3 Å². The molecule has 0 aromatic heterocycles. The summed E-state index contributed by atoms with van der Waals surface area (Å²) in [6.07, 6.45) is 0.0499. The summed E-state index contributed by atoms with van der Waals surface area (Å²) in [6, 6.07) is 9.32. The van der Waals surface area contributed by atoms with Gasteiger partial charge in [0, 0.05) is 42.6 Å². The summed E-state index contributed by atoms with van der Waals surface area (Å²) >= 11 is 7.99. The van der Waals surface area contributed by atoms with Gasteiger partial charge in [-0.2, -0.15) is 0 Å². The summed E-state index contributed by atoms with van der Waals surface area (Å²) < 4.78 is 12.1. The molecule has 0 saturated heterocycles. The second-order valence-corrected chi connectivity index (χ2v) is 10.0. The summed E-state index contributed by atoms with van der Waals surface area (Å²) in [5.41, 5.74) is 1.49. The molecule has 1 aliphatic rings. The van der Waals surface area contributed by atoms with Crippen molar-refractivity contribution >= 4 is 52.3 Å². The van der Waals surface area contributed by atoms with Gasteiger partial charge in [-0.05, 0) is 58.5 Å². The highest BCUT2D eigenvalue weighted by Crippen LogP contribution is 2.37. The third-order valence-corrected chi connectivity index (χ3v) is 6.98. The van der Waals surface area contributed by atoms with Gasteiger partial charge >= 0.3 is 0 Å². The minimum absolute atomic E-state index is 0.0506. The lowest BCUT2D eigenvalue weighted by Gasteiger charge is -2.40. The fraction of sp³-hybridized carbons (Fsp3) is 0.346.